The second-order valence-electron chi connectivity index (χ2n) is 5.58. The highest BCUT2D eigenvalue weighted by Crippen LogP contribution is 2.20. The van der Waals surface area contributed by atoms with Crippen LogP contribution in [-0.2, 0) is 0 Å². The molecule has 0 radical (unpaired) electrons. The van der Waals surface area contributed by atoms with E-state index in [1.54, 1.807) is 0 Å². The van der Waals surface area contributed by atoms with Crippen LogP contribution >= 0.6 is 11.6 Å². The highest BCUT2D eigenvalue weighted by atomic mass is 35.5. The molecular weight excluding hydrogens is 246 g/mol. The zero-order chi connectivity index (χ0) is 13.2. The molecule has 1 heterocycles. The lowest BCUT2D eigenvalue weighted by atomic mass is 10.0. The lowest BCUT2D eigenvalue weighted by molar-refractivity contribution is 0.483. The van der Waals surface area contributed by atoms with Crippen LogP contribution in [0.5, 0.6) is 0 Å². The van der Waals surface area contributed by atoms with E-state index in [1.165, 1.54) is 5.56 Å². The van der Waals surface area contributed by atoms with Crippen molar-refractivity contribution in [3.8, 4) is 0 Å². The molecule has 0 amide bonds. The van der Waals surface area contributed by atoms with Crippen LogP contribution in [0.4, 0.5) is 0 Å². The summed E-state index contributed by atoms with van der Waals surface area (Å²) in [6, 6.07) is 8.07. The zero-order valence-corrected chi connectivity index (χ0v) is 11.9. The number of halogens is 1. The van der Waals surface area contributed by atoms with E-state index in [1.807, 2.05) is 24.3 Å². The van der Waals surface area contributed by atoms with Crippen molar-refractivity contribution >= 4 is 17.4 Å². The lowest BCUT2D eigenvalue weighted by Gasteiger charge is -2.31. The standard InChI is InChI=1S/C14H20ClN3/c1-14(2,3)18-13-12(16-8-9-17-13)10-4-6-11(15)7-5-10/h4-7,12,16H,8-9H2,1-3H3,(H,17,18). The molecule has 0 fully saturated rings. The average molecular weight is 266 g/mol. The van der Waals surface area contributed by atoms with Crippen LogP contribution < -0.4 is 10.6 Å². The van der Waals surface area contributed by atoms with E-state index in [4.69, 9.17) is 11.6 Å². The van der Waals surface area contributed by atoms with Gasteiger partial charge in [0, 0.05) is 17.1 Å². The fraction of sp³-hybridized carbons (Fsp3) is 0.500. The second kappa shape index (κ2) is 5.29. The quantitative estimate of drug-likeness (QED) is 0.819. The Balaban J connectivity index is 2.22. The van der Waals surface area contributed by atoms with E-state index < -0.39 is 0 Å². The number of aliphatic imine (C=N–C) groups is 1. The topological polar surface area (TPSA) is 36.4 Å². The van der Waals surface area contributed by atoms with Gasteiger partial charge < -0.3 is 10.6 Å². The SMILES string of the molecule is CC(C)(C)NC1=NCCNC1c1ccc(Cl)cc1. The van der Waals surface area contributed by atoms with Crippen molar-refractivity contribution in [2.24, 2.45) is 4.99 Å². The molecule has 3 nitrogen and oxygen atoms in total. The van der Waals surface area contributed by atoms with Crippen molar-refractivity contribution in [1.29, 1.82) is 0 Å². The first-order valence-corrected chi connectivity index (χ1v) is 6.65. The average Bonchev–Trinajstić information content (AvgIpc) is 2.29. The molecule has 4 heteroatoms. The number of nitrogens with one attached hydrogen (secondary N) is 2. The third kappa shape index (κ3) is 3.47. The maximum Gasteiger partial charge on any atom is 0.119 e. The van der Waals surface area contributed by atoms with Gasteiger partial charge in [-0.1, -0.05) is 23.7 Å². The highest BCUT2D eigenvalue weighted by molar-refractivity contribution is 6.30. The summed E-state index contributed by atoms with van der Waals surface area (Å²) < 4.78 is 0. The van der Waals surface area contributed by atoms with Crippen molar-refractivity contribution in [2.75, 3.05) is 13.1 Å². The van der Waals surface area contributed by atoms with Gasteiger partial charge in [-0.15, -0.1) is 0 Å². The van der Waals surface area contributed by atoms with Crippen molar-refractivity contribution in [3.63, 3.8) is 0 Å². The van der Waals surface area contributed by atoms with Gasteiger partial charge in [-0.2, -0.15) is 0 Å². The number of hydrogen-bond acceptors (Lipinski definition) is 3. The van der Waals surface area contributed by atoms with E-state index >= 15 is 0 Å². The molecule has 0 aliphatic carbocycles. The Morgan fingerprint density at radius 3 is 2.56 bits per heavy atom. The summed E-state index contributed by atoms with van der Waals surface area (Å²) in [5, 5.41) is 7.73. The summed E-state index contributed by atoms with van der Waals surface area (Å²) in [4.78, 5) is 4.61. The number of nitrogens with zero attached hydrogens (tertiary/aromatic N) is 1. The summed E-state index contributed by atoms with van der Waals surface area (Å²) in [7, 11) is 0. The molecule has 1 aromatic rings. The summed E-state index contributed by atoms with van der Waals surface area (Å²) in [6.07, 6.45) is 0. The molecule has 0 spiro atoms. The Labute approximate surface area is 114 Å². The lowest BCUT2D eigenvalue weighted by Crippen LogP contribution is -2.49. The summed E-state index contributed by atoms with van der Waals surface area (Å²) in [5.74, 6) is 1.01. The molecule has 1 aromatic carbocycles. The van der Waals surface area contributed by atoms with Crippen LogP contribution in [0.15, 0.2) is 29.3 Å². The predicted octanol–water partition coefficient (Wildman–Crippen LogP) is 2.77. The first kappa shape index (κ1) is 13.4. The minimum absolute atomic E-state index is 0.0164. The first-order valence-electron chi connectivity index (χ1n) is 6.27. The van der Waals surface area contributed by atoms with Gasteiger partial charge in [-0.25, -0.2) is 0 Å². The van der Waals surface area contributed by atoms with Crippen molar-refractivity contribution in [1.82, 2.24) is 10.6 Å². The molecule has 98 valence electrons. The van der Waals surface area contributed by atoms with Crippen LogP contribution in [-0.4, -0.2) is 24.5 Å². The van der Waals surface area contributed by atoms with Crippen LogP contribution in [0.1, 0.15) is 32.4 Å². The van der Waals surface area contributed by atoms with E-state index in [-0.39, 0.29) is 11.6 Å². The summed E-state index contributed by atoms with van der Waals surface area (Å²) in [6.45, 7) is 8.15. The van der Waals surface area contributed by atoms with E-state index in [0.717, 1.165) is 23.9 Å². The Bertz CT molecular complexity index is 431. The van der Waals surface area contributed by atoms with Gasteiger partial charge in [0.2, 0.25) is 0 Å². The second-order valence-corrected chi connectivity index (χ2v) is 6.02. The van der Waals surface area contributed by atoms with Crippen LogP contribution in [0.2, 0.25) is 5.02 Å². The molecule has 18 heavy (non-hydrogen) atoms. The third-order valence-corrected chi connectivity index (χ3v) is 2.97. The van der Waals surface area contributed by atoms with Gasteiger partial charge in [0.15, 0.2) is 0 Å². The van der Waals surface area contributed by atoms with Crippen molar-refractivity contribution in [3.05, 3.63) is 34.9 Å². The molecule has 1 unspecified atom stereocenters. The molecular formula is C14H20ClN3. The van der Waals surface area contributed by atoms with Crippen LogP contribution in [0.3, 0.4) is 0 Å². The number of amidine groups is 1. The Hall–Kier alpha value is -1.06. The van der Waals surface area contributed by atoms with Crippen molar-refractivity contribution < 1.29 is 0 Å². The maximum atomic E-state index is 5.93. The molecule has 1 aliphatic rings. The molecule has 0 saturated carbocycles. The smallest absolute Gasteiger partial charge is 0.119 e. The van der Waals surface area contributed by atoms with Crippen molar-refractivity contribution in [2.45, 2.75) is 32.4 Å². The number of benzene rings is 1. The van der Waals surface area contributed by atoms with Gasteiger partial charge in [0.1, 0.15) is 5.84 Å². The molecule has 1 aliphatic heterocycles. The Morgan fingerprint density at radius 1 is 1.28 bits per heavy atom. The van der Waals surface area contributed by atoms with Gasteiger partial charge in [0.25, 0.3) is 0 Å². The van der Waals surface area contributed by atoms with Gasteiger partial charge in [-0.3, -0.25) is 4.99 Å². The summed E-state index contributed by atoms with van der Waals surface area (Å²) >= 11 is 5.93. The molecule has 0 aromatic heterocycles. The van der Waals surface area contributed by atoms with Crippen LogP contribution in [0, 0.1) is 0 Å². The van der Waals surface area contributed by atoms with E-state index in [9.17, 15) is 0 Å². The summed E-state index contributed by atoms with van der Waals surface area (Å²) in [5.41, 5.74) is 1.21. The van der Waals surface area contributed by atoms with Gasteiger partial charge in [0.05, 0.1) is 12.6 Å². The monoisotopic (exact) mass is 265 g/mol. The van der Waals surface area contributed by atoms with Gasteiger partial charge in [-0.05, 0) is 38.5 Å². The van der Waals surface area contributed by atoms with E-state index in [2.05, 4.69) is 36.4 Å². The third-order valence-electron chi connectivity index (χ3n) is 2.72. The molecule has 2 N–H and O–H groups in total. The number of hydrogen-bond donors (Lipinski definition) is 2. The van der Waals surface area contributed by atoms with E-state index in [0.29, 0.717) is 0 Å². The minimum atomic E-state index is 0.0164. The largest absolute Gasteiger partial charge is 0.368 e. The molecule has 0 bridgehead atoms. The predicted molar refractivity (Wildman–Crippen MR) is 77.4 cm³/mol. The minimum Gasteiger partial charge on any atom is -0.368 e. The zero-order valence-electron chi connectivity index (χ0n) is 11.1. The van der Waals surface area contributed by atoms with Crippen LogP contribution in [0.25, 0.3) is 0 Å². The Kier molecular flexibility index (Phi) is 3.93. The fourth-order valence-corrected chi connectivity index (χ4v) is 2.13. The molecule has 2 rings (SSSR count). The highest BCUT2D eigenvalue weighted by Gasteiger charge is 2.24. The Morgan fingerprint density at radius 2 is 1.94 bits per heavy atom. The van der Waals surface area contributed by atoms with Gasteiger partial charge >= 0.3 is 0 Å². The molecule has 0 saturated heterocycles. The molecule has 1 atom stereocenters. The fourth-order valence-electron chi connectivity index (χ4n) is 2.00. The normalized spacial score (nSPS) is 20.4. The number of rotatable bonds is 1. The first-order chi connectivity index (χ1) is 8.46. The maximum absolute atomic E-state index is 5.93.